The summed E-state index contributed by atoms with van der Waals surface area (Å²) in [5, 5.41) is 0. The van der Waals surface area contributed by atoms with Gasteiger partial charge in [0.2, 0.25) is 0 Å². The third-order valence-corrected chi connectivity index (χ3v) is 6.62. The predicted octanol–water partition coefficient (Wildman–Crippen LogP) is 5.19. The number of likely N-dealkylation sites (tertiary alicyclic amines) is 1. The molecule has 0 bridgehead atoms. The first kappa shape index (κ1) is 17.8. The first-order valence-corrected chi connectivity index (χ1v) is 10.1. The lowest BCUT2D eigenvalue weighted by atomic mass is 9.60. The average Bonchev–Trinajstić information content (AvgIpc) is 3.13. The van der Waals surface area contributed by atoms with Gasteiger partial charge in [-0.3, -0.25) is 4.90 Å². The Bertz CT molecular complexity index is 549. The molecule has 24 heavy (non-hydrogen) atoms. The summed E-state index contributed by atoms with van der Waals surface area (Å²) in [6, 6.07) is 7.53. The van der Waals surface area contributed by atoms with E-state index < -0.39 is 0 Å². The third kappa shape index (κ3) is 3.10. The van der Waals surface area contributed by atoms with Crippen LogP contribution in [-0.4, -0.2) is 31.1 Å². The van der Waals surface area contributed by atoms with Gasteiger partial charge < -0.3 is 4.74 Å². The Labute approximate surface area is 148 Å². The fraction of sp³-hybridized carbons (Fsp3) is 0.727. The maximum Gasteiger partial charge on any atom is 0.119 e. The molecule has 2 heteroatoms. The molecule has 0 unspecified atom stereocenters. The van der Waals surface area contributed by atoms with Gasteiger partial charge in [-0.25, -0.2) is 0 Å². The summed E-state index contributed by atoms with van der Waals surface area (Å²) in [7, 11) is 1.79. The van der Waals surface area contributed by atoms with Crippen molar-refractivity contribution >= 4 is 0 Å². The highest BCUT2D eigenvalue weighted by atomic mass is 16.5. The number of nitrogens with zero attached hydrogens (tertiary/aromatic N) is 1. The van der Waals surface area contributed by atoms with E-state index in [0.717, 1.165) is 11.7 Å². The van der Waals surface area contributed by atoms with Crippen LogP contribution in [0, 0.1) is 5.92 Å². The van der Waals surface area contributed by atoms with Crippen LogP contribution >= 0.6 is 0 Å². The lowest BCUT2D eigenvalue weighted by Gasteiger charge is -2.51. The summed E-state index contributed by atoms with van der Waals surface area (Å²) in [6.07, 6.45) is 9.16. The van der Waals surface area contributed by atoms with Crippen LogP contribution in [0.15, 0.2) is 18.2 Å². The number of ether oxygens (including phenoxy) is 1. The summed E-state index contributed by atoms with van der Waals surface area (Å²) < 4.78 is 5.58. The molecule has 1 aromatic carbocycles. The highest BCUT2D eigenvalue weighted by Gasteiger charge is 2.47. The van der Waals surface area contributed by atoms with Gasteiger partial charge in [-0.15, -0.1) is 0 Å². The summed E-state index contributed by atoms with van der Waals surface area (Å²) >= 11 is 0. The number of unbranched alkanes of at least 4 members (excludes halogenated alkanes) is 1. The Morgan fingerprint density at radius 1 is 1.21 bits per heavy atom. The van der Waals surface area contributed by atoms with Gasteiger partial charge >= 0.3 is 0 Å². The molecule has 2 nitrogen and oxygen atoms in total. The summed E-state index contributed by atoms with van der Waals surface area (Å²) in [5.74, 6) is 1.80. The lowest BCUT2D eigenvalue weighted by Crippen LogP contribution is -2.55. The van der Waals surface area contributed by atoms with Gasteiger partial charge in [-0.2, -0.15) is 0 Å². The molecule has 1 aliphatic carbocycles. The minimum Gasteiger partial charge on any atom is -0.497 e. The molecule has 2 aliphatic rings. The topological polar surface area (TPSA) is 12.5 Å². The summed E-state index contributed by atoms with van der Waals surface area (Å²) in [5.41, 5.74) is 3.39. The van der Waals surface area contributed by atoms with E-state index in [1.807, 2.05) is 0 Å². The van der Waals surface area contributed by atoms with Crippen LogP contribution in [0.25, 0.3) is 0 Å². The fourth-order valence-electron chi connectivity index (χ4n) is 5.38. The molecule has 0 spiro atoms. The molecular weight excluding hydrogens is 294 g/mol. The van der Waals surface area contributed by atoms with E-state index in [1.54, 1.807) is 18.2 Å². The fourth-order valence-corrected chi connectivity index (χ4v) is 5.38. The second-order valence-corrected chi connectivity index (χ2v) is 8.10. The zero-order valence-corrected chi connectivity index (χ0v) is 16.1. The Balaban J connectivity index is 2.07. The summed E-state index contributed by atoms with van der Waals surface area (Å²) in [4.78, 5) is 2.83. The minimum atomic E-state index is 0.253. The molecule has 1 saturated heterocycles. The monoisotopic (exact) mass is 329 g/mol. The van der Waals surface area contributed by atoms with Gasteiger partial charge in [0.1, 0.15) is 5.75 Å². The van der Waals surface area contributed by atoms with Crippen molar-refractivity contribution in [1.82, 2.24) is 4.90 Å². The molecule has 1 aliphatic heterocycles. The van der Waals surface area contributed by atoms with E-state index in [1.165, 1.54) is 58.0 Å². The molecule has 0 N–H and O–H groups in total. The van der Waals surface area contributed by atoms with E-state index in [0.29, 0.717) is 6.04 Å². The van der Waals surface area contributed by atoms with Crippen LogP contribution in [0.5, 0.6) is 5.75 Å². The van der Waals surface area contributed by atoms with Crippen molar-refractivity contribution in [2.24, 2.45) is 5.92 Å². The van der Waals surface area contributed by atoms with Gasteiger partial charge in [0.05, 0.1) is 7.11 Å². The molecule has 1 fully saturated rings. The van der Waals surface area contributed by atoms with Crippen LogP contribution in [0.2, 0.25) is 0 Å². The Kier molecular flexibility index (Phi) is 5.54. The molecule has 3 atom stereocenters. The van der Waals surface area contributed by atoms with E-state index in [-0.39, 0.29) is 5.41 Å². The standard InChI is InChI=1S/C22H35NO/c1-5-7-12-22(3)20-16-19(24-4)11-10-18(20)15-17(6-2)21(22)23-13-8-9-14-23/h10-11,16-17,21H,5-9,12-15H2,1-4H3/t17-,21-,22+/m0/s1. The van der Waals surface area contributed by atoms with Crippen LogP contribution < -0.4 is 4.74 Å². The van der Waals surface area contributed by atoms with E-state index in [4.69, 9.17) is 4.74 Å². The van der Waals surface area contributed by atoms with Gasteiger partial charge in [-0.1, -0.05) is 46.1 Å². The largest absolute Gasteiger partial charge is 0.497 e. The van der Waals surface area contributed by atoms with Gasteiger partial charge in [0.15, 0.2) is 0 Å². The molecule has 0 aromatic heterocycles. The molecule has 1 heterocycles. The van der Waals surface area contributed by atoms with Crippen molar-refractivity contribution in [3.8, 4) is 5.75 Å². The maximum absolute atomic E-state index is 5.58. The molecule has 0 amide bonds. The Morgan fingerprint density at radius 2 is 1.96 bits per heavy atom. The van der Waals surface area contributed by atoms with Crippen molar-refractivity contribution < 1.29 is 4.74 Å². The zero-order chi connectivity index (χ0) is 17.2. The maximum atomic E-state index is 5.58. The molecule has 1 aromatic rings. The first-order valence-electron chi connectivity index (χ1n) is 10.1. The van der Waals surface area contributed by atoms with Gasteiger partial charge in [0, 0.05) is 11.5 Å². The minimum absolute atomic E-state index is 0.253. The second kappa shape index (κ2) is 7.47. The van der Waals surface area contributed by atoms with Crippen LogP contribution in [0.1, 0.15) is 70.4 Å². The SMILES string of the molecule is CCCC[C@]1(C)c2cc(OC)ccc2C[C@H](CC)[C@@H]1N1CCCC1. The molecule has 3 rings (SSSR count). The van der Waals surface area contributed by atoms with Crippen molar-refractivity contribution in [2.45, 2.75) is 77.2 Å². The predicted molar refractivity (Wildman–Crippen MR) is 102 cm³/mol. The van der Waals surface area contributed by atoms with E-state index >= 15 is 0 Å². The quantitative estimate of drug-likeness (QED) is 0.712. The van der Waals surface area contributed by atoms with Crippen LogP contribution in [0.4, 0.5) is 0 Å². The molecular formula is C22H35NO. The Hall–Kier alpha value is -1.02. The van der Waals surface area contributed by atoms with Gasteiger partial charge in [0.25, 0.3) is 0 Å². The number of fused-ring (bicyclic) bond motifs is 1. The highest BCUT2D eigenvalue weighted by Crippen LogP contribution is 2.48. The molecule has 0 radical (unpaired) electrons. The number of hydrogen-bond donors (Lipinski definition) is 0. The van der Waals surface area contributed by atoms with E-state index in [9.17, 15) is 0 Å². The lowest BCUT2D eigenvalue weighted by molar-refractivity contribution is 0.0739. The van der Waals surface area contributed by atoms with Gasteiger partial charge in [-0.05, 0) is 68.0 Å². The molecule has 0 saturated carbocycles. The second-order valence-electron chi connectivity index (χ2n) is 8.10. The van der Waals surface area contributed by atoms with Crippen molar-refractivity contribution in [3.63, 3.8) is 0 Å². The van der Waals surface area contributed by atoms with Crippen molar-refractivity contribution in [3.05, 3.63) is 29.3 Å². The van der Waals surface area contributed by atoms with Crippen molar-refractivity contribution in [1.29, 1.82) is 0 Å². The molecule has 134 valence electrons. The highest BCUT2D eigenvalue weighted by molar-refractivity contribution is 5.44. The number of hydrogen-bond acceptors (Lipinski definition) is 2. The Morgan fingerprint density at radius 3 is 2.58 bits per heavy atom. The average molecular weight is 330 g/mol. The number of rotatable bonds is 6. The summed E-state index contributed by atoms with van der Waals surface area (Å²) in [6.45, 7) is 9.85. The van der Waals surface area contributed by atoms with Crippen LogP contribution in [0.3, 0.4) is 0 Å². The number of methoxy groups -OCH3 is 1. The van der Waals surface area contributed by atoms with Crippen LogP contribution in [-0.2, 0) is 11.8 Å². The van der Waals surface area contributed by atoms with E-state index in [2.05, 4.69) is 43.9 Å². The number of benzene rings is 1. The normalized spacial score (nSPS) is 30.3. The first-order chi connectivity index (χ1) is 11.6. The zero-order valence-electron chi connectivity index (χ0n) is 16.1. The van der Waals surface area contributed by atoms with Crippen molar-refractivity contribution in [2.75, 3.05) is 20.2 Å². The smallest absolute Gasteiger partial charge is 0.119 e. The third-order valence-electron chi connectivity index (χ3n) is 6.62.